The van der Waals surface area contributed by atoms with E-state index in [-0.39, 0.29) is 5.75 Å². The summed E-state index contributed by atoms with van der Waals surface area (Å²) in [6.45, 7) is 8.56. The predicted molar refractivity (Wildman–Crippen MR) is 113 cm³/mol. The van der Waals surface area contributed by atoms with E-state index in [1.807, 2.05) is 31.2 Å². The third kappa shape index (κ3) is 5.59. The van der Waals surface area contributed by atoms with Crippen molar-refractivity contribution in [3.05, 3.63) is 29.8 Å². The number of aliphatic imine (C=N–C) groups is 1. The van der Waals surface area contributed by atoms with E-state index >= 15 is 0 Å². The molecular formula is C19H31N5O3S. The minimum atomic E-state index is -3.36. The molecule has 0 atom stereocenters. The second-order valence-electron chi connectivity index (χ2n) is 6.91. The van der Waals surface area contributed by atoms with Crippen molar-refractivity contribution in [3.8, 4) is 0 Å². The molecule has 1 aromatic carbocycles. The number of benzene rings is 1. The van der Waals surface area contributed by atoms with E-state index < -0.39 is 10.0 Å². The lowest BCUT2D eigenvalue weighted by Crippen LogP contribution is -2.42. The zero-order valence-corrected chi connectivity index (χ0v) is 17.4. The van der Waals surface area contributed by atoms with Gasteiger partial charge in [0.25, 0.3) is 0 Å². The summed E-state index contributed by atoms with van der Waals surface area (Å²) >= 11 is 0. The van der Waals surface area contributed by atoms with Gasteiger partial charge >= 0.3 is 0 Å². The Morgan fingerprint density at radius 2 is 1.96 bits per heavy atom. The first-order chi connectivity index (χ1) is 13.6. The highest BCUT2D eigenvalue weighted by Gasteiger charge is 2.28. The Labute approximate surface area is 168 Å². The minimum absolute atomic E-state index is 0.0369. The molecule has 8 nitrogen and oxygen atoms in total. The Balaban J connectivity index is 1.49. The predicted octanol–water partition coefficient (Wildman–Crippen LogP) is 0.266. The SMILES string of the molecule is CCNC(=NCCN1CCOCC1)NCCS(=O)(=O)N1CCc2ccccc21. The largest absolute Gasteiger partial charge is 0.379 e. The second-order valence-corrected chi connectivity index (χ2v) is 8.92. The van der Waals surface area contributed by atoms with Gasteiger partial charge in [-0.2, -0.15) is 0 Å². The molecule has 9 heteroatoms. The fourth-order valence-electron chi connectivity index (χ4n) is 3.48. The highest BCUT2D eigenvalue weighted by atomic mass is 32.2. The molecule has 0 amide bonds. The van der Waals surface area contributed by atoms with Gasteiger partial charge in [0.1, 0.15) is 0 Å². The monoisotopic (exact) mass is 409 g/mol. The van der Waals surface area contributed by atoms with E-state index in [9.17, 15) is 8.42 Å². The first-order valence-electron chi connectivity index (χ1n) is 10.0. The van der Waals surface area contributed by atoms with Gasteiger partial charge in [0.2, 0.25) is 10.0 Å². The molecule has 0 spiro atoms. The zero-order valence-electron chi connectivity index (χ0n) is 16.6. The van der Waals surface area contributed by atoms with Crippen molar-refractivity contribution < 1.29 is 13.2 Å². The quantitative estimate of drug-likeness (QED) is 0.473. The Hall–Kier alpha value is -1.84. The molecule has 0 unspecified atom stereocenters. The van der Waals surface area contributed by atoms with Crippen molar-refractivity contribution >= 4 is 21.7 Å². The van der Waals surface area contributed by atoms with Crippen LogP contribution in [0.3, 0.4) is 0 Å². The minimum Gasteiger partial charge on any atom is -0.379 e. The van der Waals surface area contributed by atoms with Crippen LogP contribution in [0, 0.1) is 0 Å². The number of hydrogen-bond donors (Lipinski definition) is 2. The standard InChI is InChI=1S/C19H31N5O3S/c1-2-20-19(21-8-11-23-12-14-27-15-13-23)22-9-16-28(25,26)24-10-7-17-5-3-4-6-18(17)24/h3-6H,2,7-16H2,1H3,(H2,20,21,22). The average molecular weight is 410 g/mol. The van der Waals surface area contributed by atoms with Crippen molar-refractivity contribution in [2.75, 3.05) is 69.1 Å². The van der Waals surface area contributed by atoms with Crippen LogP contribution in [-0.2, 0) is 21.2 Å². The summed E-state index contributed by atoms with van der Waals surface area (Å²) in [5, 5.41) is 6.33. The smallest absolute Gasteiger partial charge is 0.236 e. The van der Waals surface area contributed by atoms with Gasteiger partial charge in [0, 0.05) is 39.3 Å². The Morgan fingerprint density at radius 1 is 1.18 bits per heavy atom. The first kappa shape index (κ1) is 20.9. The molecule has 28 heavy (non-hydrogen) atoms. The third-order valence-corrected chi connectivity index (χ3v) is 6.74. The maximum Gasteiger partial charge on any atom is 0.236 e. The van der Waals surface area contributed by atoms with Crippen LogP contribution in [-0.4, -0.2) is 84.1 Å². The summed E-state index contributed by atoms with van der Waals surface area (Å²) in [5.74, 6) is 0.697. The molecule has 1 saturated heterocycles. The summed E-state index contributed by atoms with van der Waals surface area (Å²) in [7, 11) is -3.36. The van der Waals surface area contributed by atoms with Crippen LogP contribution in [0.4, 0.5) is 5.69 Å². The van der Waals surface area contributed by atoms with Crippen molar-refractivity contribution in [2.24, 2.45) is 4.99 Å². The number of para-hydroxylation sites is 1. The molecule has 1 aromatic rings. The van der Waals surface area contributed by atoms with Crippen LogP contribution in [0.5, 0.6) is 0 Å². The van der Waals surface area contributed by atoms with Crippen molar-refractivity contribution in [1.29, 1.82) is 0 Å². The lowest BCUT2D eigenvalue weighted by atomic mass is 10.2. The molecule has 0 aliphatic carbocycles. The van der Waals surface area contributed by atoms with Gasteiger partial charge in [-0.05, 0) is 25.0 Å². The molecule has 0 radical (unpaired) electrons. The van der Waals surface area contributed by atoms with Crippen LogP contribution >= 0.6 is 0 Å². The summed E-state index contributed by atoms with van der Waals surface area (Å²) < 4.78 is 32.4. The molecule has 2 heterocycles. The first-order valence-corrected chi connectivity index (χ1v) is 11.6. The molecular weight excluding hydrogens is 378 g/mol. The fourth-order valence-corrected chi connectivity index (χ4v) is 4.90. The molecule has 0 aromatic heterocycles. The van der Waals surface area contributed by atoms with Gasteiger partial charge in [0.15, 0.2) is 5.96 Å². The molecule has 1 fully saturated rings. The van der Waals surface area contributed by atoms with Crippen molar-refractivity contribution in [3.63, 3.8) is 0 Å². The molecule has 3 rings (SSSR count). The summed E-state index contributed by atoms with van der Waals surface area (Å²) in [5.41, 5.74) is 1.91. The molecule has 2 aliphatic heterocycles. The number of sulfonamides is 1. The highest BCUT2D eigenvalue weighted by Crippen LogP contribution is 2.29. The second kappa shape index (κ2) is 10.1. The molecule has 2 N–H and O–H groups in total. The number of fused-ring (bicyclic) bond motifs is 1. The maximum atomic E-state index is 12.8. The lowest BCUT2D eigenvalue weighted by molar-refractivity contribution is 0.0394. The topological polar surface area (TPSA) is 86.3 Å². The number of guanidine groups is 1. The normalized spacial score (nSPS) is 18.2. The van der Waals surface area contributed by atoms with Gasteiger partial charge in [-0.3, -0.25) is 14.2 Å². The van der Waals surface area contributed by atoms with Crippen LogP contribution in [0.2, 0.25) is 0 Å². The Bertz CT molecular complexity index is 763. The van der Waals surface area contributed by atoms with Gasteiger partial charge in [-0.25, -0.2) is 8.42 Å². The number of rotatable bonds is 8. The van der Waals surface area contributed by atoms with E-state index in [2.05, 4.69) is 20.5 Å². The summed E-state index contributed by atoms with van der Waals surface area (Å²) in [6, 6.07) is 7.71. The fraction of sp³-hybridized carbons (Fsp3) is 0.632. The van der Waals surface area contributed by atoms with E-state index in [0.717, 1.165) is 57.1 Å². The van der Waals surface area contributed by atoms with Gasteiger partial charge in [-0.15, -0.1) is 0 Å². The number of hydrogen-bond acceptors (Lipinski definition) is 5. The summed E-state index contributed by atoms with van der Waals surface area (Å²) in [4.78, 5) is 6.89. The lowest BCUT2D eigenvalue weighted by Gasteiger charge is -2.25. The van der Waals surface area contributed by atoms with E-state index in [1.54, 1.807) is 0 Å². The van der Waals surface area contributed by atoms with E-state index in [4.69, 9.17) is 4.74 Å². The number of morpholine rings is 1. The van der Waals surface area contributed by atoms with Gasteiger partial charge in [0.05, 0.1) is 31.2 Å². The number of anilines is 1. The van der Waals surface area contributed by atoms with Crippen LogP contribution < -0.4 is 14.9 Å². The number of ether oxygens (including phenoxy) is 1. The maximum absolute atomic E-state index is 12.8. The Morgan fingerprint density at radius 3 is 2.75 bits per heavy atom. The van der Waals surface area contributed by atoms with Gasteiger partial charge < -0.3 is 15.4 Å². The van der Waals surface area contributed by atoms with Crippen LogP contribution in [0.25, 0.3) is 0 Å². The highest BCUT2D eigenvalue weighted by molar-refractivity contribution is 7.92. The number of nitrogens with zero attached hydrogens (tertiary/aromatic N) is 3. The van der Waals surface area contributed by atoms with Crippen molar-refractivity contribution in [1.82, 2.24) is 15.5 Å². The average Bonchev–Trinajstić information content (AvgIpc) is 3.14. The van der Waals surface area contributed by atoms with Crippen LogP contribution in [0.1, 0.15) is 12.5 Å². The zero-order chi connectivity index (χ0) is 19.8. The molecule has 156 valence electrons. The Kier molecular flexibility index (Phi) is 7.52. The van der Waals surface area contributed by atoms with E-state index in [0.29, 0.717) is 25.6 Å². The van der Waals surface area contributed by atoms with Gasteiger partial charge in [-0.1, -0.05) is 18.2 Å². The molecule has 0 saturated carbocycles. The van der Waals surface area contributed by atoms with E-state index in [1.165, 1.54) is 4.31 Å². The summed E-state index contributed by atoms with van der Waals surface area (Å²) in [6.07, 6.45) is 0.772. The molecule has 2 aliphatic rings. The van der Waals surface area contributed by atoms with Crippen molar-refractivity contribution in [2.45, 2.75) is 13.3 Å². The molecule has 0 bridgehead atoms. The van der Waals surface area contributed by atoms with Crippen LogP contribution in [0.15, 0.2) is 29.3 Å². The third-order valence-electron chi connectivity index (χ3n) is 4.97. The number of nitrogens with one attached hydrogen (secondary N) is 2.